The minimum absolute atomic E-state index is 0.0929. The van der Waals surface area contributed by atoms with Crippen molar-refractivity contribution in [3.05, 3.63) is 64.5 Å². The molecule has 0 radical (unpaired) electrons. The summed E-state index contributed by atoms with van der Waals surface area (Å²) >= 11 is 1.97. The van der Waals surface area contributed by atoms with E-state index in [0.29, 0.717) is 37.7 Å². The molecule has 1 aromatic carbocycles. The molecule has 0 bridgehead atoms. The van der Waals surface area contributed by atoms with Crippen molar-refractivity contribution < 1.29 is 18.0 Å². The summed E-state index contributed by atoms with van der Waals surface area (Å²) in [6.45, 7) is 2.49. The molecule has 2 aromatic rings. The van der Waals surface area contributed by atoms with Crippen LogP contribution in [0.5, 0.6) is 0 Å². The Hall–Kier alpha value is -2.06. The number of carbonyl (C=O) groups is 1. The lowest BCUT2D eigenvalue weighted by molar-refractivity contribution is -0.137. The fourth-order valence-corrected chi connectivity index (χ4v) is 5.11. The number of carbonyl (C=O) groups excluding carboxylic acids is 1. The molecule has 1 aromatic heterocycles. The van der Waals surface area contributed by atoms with E-state index in [1.807, 2.05) is 17.8 Å². The number of nitrogens with one attached hydrogen (secondary N) is 1. The van der Waals surface area contributed by atoms with E-state index in [-0.39, 0.29) is 5.91 Å². The van der Waals surface area contributed by atoms with E-state index in [9.17, 15) is 18.0 Å². The van der Waals surface area contributed by atoms with Crippen molar-refractivity contribution in [1.82, 2.24) is 15.2 Å². The molecule has 1 amide bonds. The first-order chi connectivity index (χ1) is 14.4. The van der Waals surface area contributed by atoms with Gasteiger partial charge in [0.2, 0.25) is 0 Å². The van der Waals surface area contributed by atoms with Gasteiger partial charge in [-0.3, -0.25) is 14.7 Å². The number of hydrogen-bond acceptors (Lipinski definition) is 4. The third-order valence-corrected chi connectivity index (χ3v) is 6.72. The molecule has 4 rings (SSSR count). The second-order valence-corrected chi connectivity index (χ2v) is 9.16. The Morgan fingerprint density at radius 2 is 1.90 bits per heavy atom. The zero-order valence-corrected chi connectivity index (χ0v) is 17.4. The number of halogens is 3. The monoisotopic (exact) mass is 435 g/mol. The van der Waals surface area contributed by atoms with Gasteiger partial charge in [-0.15, -0.1) is 0 Å². The van der Waals surface area contributed by atoms with E-state index >= 15 is 0 Å². The fourth-order valence-electron chi connectivity index (χ4n) is 3.91. The minimum atomic E-state index is -4.32. The van der Waals surface area contributed by atoms with Gasteiger partial charge >= 0.3 is 6.18 Å². The molecule has 1 saturated heterocycles. The molecule has 0 spiro atoms. The van der Waals surface area contributed by atoms with Crippen LogP contribution < -0.4 is 5.32 Å². The van der Waals surface area contributed by atoms with Crippen LogP contribution in [-0.4, -0.2) is 33.8 Å². The van der Waals surface area contributed by atoms with Crippen molar-refractivity contribution in [2.75, 3.05) is 18.1 Å². The van der Waals surface area contributed by atoms with Crippen LogP contribution in [0.3, 0.4) is 0 Å². The van der Waals surface area contributed by atoms with Crippen molar-refractivity contribution in [2.24, 2.45) is 5.92 Å². The average molecular weight is 436 g/mol. The molecular weight excluding hydrogens is 411 g/mol. The predicted octanol–water partition coefficient (Wildman–Crippen LogP) is 4.49. The number of fused-ring (bicyclic) bond motifs is 1. The number of alkyl halides is 3. The summed E-state index contributed by atoms with van der Waals surface area (Å²) in [6.07, 6.45) is -0.412. The van der Waals surface area contributed by atoms with Gasteiger partial charge in [-0.1, -0.05) is 12.1 Å². The zero-order valence-electron chi connectivity index (χ0n) is 16.5. The Kier molecular flexibility index (Phi) is 6.34. The molecular formula is C22H24F3N3OS. The molecule has 3 heterocycles. The molecule has 1 fully saturated rings. The minimum Gasteiger partial charge on any atom is -0.352 e. The van der Waals surface area contributed by atoms with Crippen molar-refractivity contribution in [1.29, 1.82) is 0 Å². The second-order valence-electron chi connectivity index (χ2n) is 7.94. The van der Waals surface area contributed by atoms with E-state index < -0.39 is 11.7 Å². The maximum atomic E-state index is 12.7. The molecule has 4 nitrogen and oxygen atoms in total. The molecule has 2 aliphatic heterocycles. The van der Waals surface area contributed by atoms with Gasteiger partial charge in [0, 0.05) is 32.4 Å². The SMILES string of the molecule is O=C(NCC1CCSCC1)c1cnc2c(c1)CN(Cc1ccc(C(F)(F)F)cc1)C2. The Morgan fingerprint density at radius 1 is 1.17 bits per heavy atom. The van der Waals surface area contributed by atoms with Crippen molar-refractivity contribution in [2.45, 2.75) is 38.7 Å². The van der Waals surface area contributed by atoms with E-state index in [1.165, 1.54) is 12.1 Å². The molecule has 0 unspecified atom stereocenters. The summed E-state index contributed by atoms with van der Waals surface area (Å²) in [5, 5.41) is 3.03. The Bertz CT molecular complexity index is 895. The number of pyridine rings is 1. The number of thioether (sulfide) groups is 1. The van der Waals surface area contributed by atoms with Crippen molar-refractivity contribution in [3.8, 4) is 0 Å². The fraction of sp³-hybridized carbons (Fsp3) is 0.455. The number of benzene rings is 1. The maximum Gasteiger partial charge on any atom is 0.416 e. The summed E-state index contributed by atoms with van der Waals surface area (Å²) < 4.78 is 38.1. The van der Waals surface area contributed by atoms with Gasteiger partial charge in [0.1, 0.15) is 0 Å². The topological polar surface area (TPSA) is 45.2 Å². The lowest BCUT2D eigenvalue weighted by atomic mass is 10.0. The lowest BCUT2D eigenvalue weighted by Crippen LogP contribution is -2.31. The third kappa shape index (κ3) is 5.16. The summed E-state index contributed by atoms with van der Waals surface area (Å²) in [5.41, 5.74) is 2.67. The van der Waals surface area contributed by atoms with Gasteiger partial charge in [-0.2, -0.15) is 24.9 Å². The number of nitrogens with zero attached hydrogens (tertiary/aromatic N) is 2. The van der Waals surface area contributed by atoms with Gasteiger partial charge < -0.3 is 5.32 Å². The maximum absolute atomic E-state index is 12.7. The van der Waals surface area contributed by atoms with Crippen LogP contribution in [0, 0.1) is 5.92 Å². The first-order valence-electron chi connectivity index (χ1n) is 10.1. The molecule has 0 saturated carbocycles. The van der Waals surface area contributed by atoms with Crippen LogP contribution in [-0.2, 0) is 25.8 Å². The van der Waals surface area contributed by atoms with Crippen LogP contribution in [0.1, 0.15) is 45.6 Å². The molecule has 30 heavy (non-hydrogen) atoms. The van der Waals surface area contributed by atoms with Crippen LogP contribution in [0.15, 0.2) is 36.5 Å². The highest BCUT2D eigenvalue weighted by molar-refractivity contribution is 7.99. The molecule has 160 valence electrons. The lowest BCUT2D eigenvalue weighted by Gasteiger charge is -2.21. The van der Waals surface area contributed by atoms with Crippen molar-refractivity contribution in [3.63, 3.8) is 0 Å². The first-order valence-corrected chi connectivity index (χ1v) is 11.3. The average Bonchev–Trinajstić information content (AvgIpc) is 3.14. The van der Waals surface area contributed by atoms with Gasteiger partial charge in [-0.05, 0) is 59.6 Å². The summed E-state index contributed by atoms with van der Waals surface area (Å²) in [6, 6.07) is 7.15. The van der Waals surface area contributed by atoms with Crippen LogP contribution in [0.25, 0.3) is 0 Å². The van der Waals surface area contributed by atoms with Gasteiger partial charge in [0.15, 0.2) is 0 Å². The predicted molar refractivity (Wildman–Crippen MR) is 111 cm³/mol. The normalized spacial score (nSPS) is 17.7. The summed E-state index contributed by atoms with van der Waals surface area (Å²) in [5.74, 6) is 2.78. The summed E-state index contributed by atoms with van der Waals surface area (Å²) in [7, 11) is 0. The Labute approximate surface area is 178 Å². The van der Waals surface area contributed by atoms with Gasteiger partial charge in [-0.25, -0.2) is 0 Å². The van der Waals surface area contributed by atoms with Crippen LogP contribution in [0.4, 0.5) is 13.2 Å². The van der Waals surface area contributed by atoms with E-state index in [1.54, 1.807) is 6.20 Å². The zero-order chi connectivity index (χ0) is 21.1. The quantitative estimate of drug-likeness (QED) is 0.752. The molecule has 8 heteroatoms. The third-order valence-electron chi connectivity index (χ3n) is 5.67. The van der Waals surface area contributed by atoms with Crippen LogP contribution >= 0.6 is 11.8 Å². The van der Waals surface area contributed by atoms with E-state index in [0.717, 1.165) is 53.3 Å². The Morgan fingerprint density at radius 3 is 2.60 bits per heavy atom. The standard InChI is InChI=1S/C22H24F3N3OS/c23-22(24,25)19-3-1-16(2-4-19)12-28-13-18-9-17(11-26-20(18)14-28)21(29)27-10-15-5-7-30-8-6-15/h1-4,9,11,15H,5-8,10,12-14H2,(H,27,29). The van der Waals surface area contributed by atoms with Gasteiger partial charge in [0.25, 0.3) is 5.91 Å². The highest BCUT2D eigenvalue weighted by atomic mass is 32.2. The Balaban J connectivity index is 1.33. The van der Waals surface area contributed by atoms with Crippen molar-refractivity contribution >= 4 is 17.7 Å². The number of amides is 1. The molecule has 0 aliphatic carbocycles. The molecule has 2 aliphatic rings. The largest absolute Gasteiger partial charge is 0.416 e. The first kappa shape index (κ1) is 21.2. The summed E-state index contributed by atoms with van der Waals surface area (Å²) in [4.78, 5) is 19.1. The number of rotatable bonds is 5. The van der Waals surface area contributed by atoms with Gasteiger partial charge in [0.05, 0.1) is 16.8 Å². The van der Waals surface area contributed by atoms with E-state index in [2.05, 4.69) is 15.2 Å². The number of aromatic nitrogens is 1. The van der Waals surface area contributed by atoms with Crippen LogP contribution in [0.2, 0.25) is 0 Å². The van der Waals surface area contributed by atoms with E-state index in [4.69, 9.17) is 0 Å². The highest BCUT2D eigenvalue weighted by Crippen LogP contribution is 2.30. The molecule has 1 N–H and O–H groups in total. The second kappa shape index (κ2) is 8.98. The molecule has 0 atom stereocenters. The number of hydrogen-bond donors (Lipinski definition) is 1. The smallest absolute Gasteiger partial charge is 0.352 e. The highest BCUT2D eigenvalue weighted by Gasteiger charge is 2.30.